The Labute approximate surface area is 191 Å². The second kappa shape index (κ2) is 8.64. The van der Waals surface area contributed by atoms with Crippen LogP contribution in [0.3, 0.4) is 0 Å². The van der Waals surface area contributed by atoms with Crippen LogP contribution in [0.15, 0.2) is 70.9 Å². The molecule has 3 aromatic carbocycles. The van der Waals surface area contributed by atoms with Crippen molar-refractivity contribution in [3.63, 3.8) is 0 Å². The molecule has 0 N–H and O–H groups in total. The Morgan fingerprint density at radius 3 is 2.50 bits per heavy atom. The molecule has 0 fully saturated rings. The Bertz CT molecular complexity index is 1190. The van der Waals surface area contributed by atoms with Crippen LogP contribution in [0, 0.1) is 0 Å². The fourth-order valence-corrected chi connectivity index (χ4v) is 3.45. The van der Waals surface area contributed by atoms with Crippen LogP contribution in [-0.4, -0.2) is 18.2 Å². The molecule has 3 aromatic rings. The summed E-state index contributed by atoms with van der Waals surface area (Å²) in [6, 6.07) is 16.9. The number of carbonyl (C=O) groups excluding carboxylic acids is 2. The summed E-state index contributed by atoms with van der Waals surface area (Å²) in [4.78, 5) is 24.9. The third-order valence-corrected chi connectivity index (χ3v) is 5.69. The SMILES string of the molecule is O=C(COc1ccc2c(c1)OC(=Cc1ccc(Cl)c(Cl)c1)C2=O)c1ccc(Br)cc1. The lowest BCUT2D eigenvalue weighted by atomic mass is 10.1. The fraction of sp³-hybridized carbons (Fsp3) is 0.0435. The normalized spacial score (nSPS) is 13.8. The van der Waals surface area contributed by atoms with E-state index in [9.17, 15) is 9.59 Å². The lowest BCUT2D eigenvalue weighted by Crippen LogP contribution is -2.11. The summed E-state index contributed by atoms with van der Waals surface area (Å²) in [5.74, 6) is 0.586. The molecule has 30 heavy (non-hydrogen) atoms. The van der Waals surface area contributed by atoms with Gasteiger partial charge >= 0.3 is 0 Å². The second-order valence-electron chi connectivity index (χ2n) is 6.49. The molecule has 0 radical (unpaired) electrons. The van der Waals surface area contributed by atoms with Gasteiger partial charge in [0.1, 0.15) is 11.5 Å². The highest BCUT2D eigenvalue weighted by Gasteiger charge is 2.28. The van der Waals surface area contributed by atoms with Gasteiger partial charge in [-0.2, -0.15) is 0 Å². The van der Waals surface area contributed by atoms with Crippen LogP contribution in [-0.2, 0) is 0 Å². The van der Waals surface area contributed by atoms with Gasteiger partial charge in [0, 0.05) is 16.1 Å². The van der Waals surface area contributed by atoms with Crippen molar-refractivity contribution in [2.45, 2.75) is 0 Å². The highest BCUT2D eigenvalue weighted by atomic mass is 79.9. The largest absolute Gasteiger partial charge is 0.485 e. The van der Waals surface area contributed by atoms with E-state index in [0.29, 0.717) is 38.2 Å². The number of carbonyl (C=O) groups is 2. The number of hydrogen-bond donors (Lipinski definition) is 0. The summed E-state index contributed by atoms with van der Waals surface area (Å²) >= 11 is 15.3. The molecule has 0 aromatic heterocycles. The van der Waals surface area contributed by atoms with Crippen LogP contribution in [0.4, 0.5) is 0 Å². The molecule has 0 amide bonds. The van der Waals surface area contributed by atoms with Crippen LogP contribution in [0.25, 0.3) is 6.08 Å². The zero-order chi connectivity index (χ0) is 21.3. The second-order valence-corrected chi connectivity index (χ2v) is 8.22. The number of hydrogen-bond acceptors (Lipinski definition) is 4. The third kappa shape index (κ3) is 4.43. The average molecular weight is 504 g/mol. The predicted octanol–water partition coefficient (Wildman–Crippen LogP) is 6.63. The van der Waals surface area contributed by atoms with Crippen molar-refractivity contribution in [1.82, 2.24) is 0 Å². The van der Waals surface area contributed by atoms with Crippen molar-refractivity contribution in [2.24, 2.45) is 0 Å². The van der Waals surface area contributed by atoms with E-state index in [1.165, 1.54) is 0 Å². The zero-order valence-electron chi connectivity index (χ0n) is 15.3. The number of benzene rings is 3. The molecule has 1 aliphatic heterocycles. The maximum Gasteiger partial charge on any atom is 0.231 e. The van der Waals surface area contributed by atoms with Crippen LogP contribution < -0.4 is 9.47 Å². The van der Waals surface area contributed by atoms with E-state index in [4.69, 9.17) is 32.7 Å². The molecule has 0 spiro atoms. The molecule has 7 heteroatoms. The standard InChI is InChI=1S/C23H13BrCl2O4/c24-15-4-2-14(3-5-15)20(27)12-29-16-6-7-17-21(11-16)30-22(23(17)28)10-13-1-8-18(25)19(26)9-13/h1-11H,12H2. The Morgan fingerprint density at radius 1 is 1.00 bits per heavy atom. The molecule has 0 saturated carbocycles. The summed E-state index contributed by atoms with van der Waals surface area (Å²) in [6.45, 7) is -0.125. The van der Waals surface area contributed by atoms with Crippen LogP contribution in [0.2, 0.25) is 10.0 Å². The molecule has 0 unspecified atom stereocenters. The zero-order valence-corrected chi connectivity index (χ0v) is 18.4. The maximum absolute atomic E-state index is 12.6. The average Bonchev–Trinajstić information content (AvgIpc) is 3.04. The number of Topliss-reactive ketones (excluding diaryl/α,β-unsaturated/α-hetero) is 2. The van der Waals surface area contributed by atoms with Gasteiger partial charge in [-0.05, 0) is 48.0 Å². The van der Waals surface area contributed by atoms with Gasteiger partial charge in [-0.1, -0.05) is 57.3 Å². The molecule has 0 saturated heterocycles. The summed E-state index contributed by atoms with van der Waals surface area (Å²) in [5, 5.41) is 0.820. The van der Waals surface area contributed by atoms with Gasteiger partial charge in [-0.15, -0.1) is 0 Å². The highest BCUT2D eigenvalue weighted by Crippen LogP contribution is 2.35. The summed E-state index contributed by atoms with van der Waals surface area (Å²) in [5.41, 5.74) is 1.67. The van der Waals surface area contributed by atoms with Gasteiger partial charge in [-0.25, -0.2) is 0 Å². The van der Waals surface area contributed by atoms with Gasteiger partial charge < -0.3 is 9.47 Å². The van der Waals surface area contributed by atoms with Crippen molar-refractivity contribution >= 4 is 56.8 Å². The molecule has 150 valence electrons. The highest BCUT2D eigenvalue weighted by molar-refractivity contribution is 9.10. The van der Waals surface area contributed by atoms with Gasteiger partial charge in [0.05, 0.1) is 15.6 Å². The van der Waals surface area contributed by atoms with E-state index < -0.39 is 0 Å². The van der Waals surface area contributed by atoms with E-state index in [-0.39, 0.29) is 23.9 Å². The Balaban J connectivity index is 1.47. The molecular formula is C23H13BrCl2O4. The van der Waals surface area contributed by atoms with Crippen LogP contribution in [0.5, 0.6) is 11.5 Å². The first-order valence-electron chi connectivity index (χ1n) is 8.85. The van der Waals surface area contributed by atoms with E-state index >= 15 is 0 Å². The Kier molecular flexibility index (Phi) is 5.95. The first-order valence-corrected chi connectivity index (χ1v) is 10.4. The lowest BCUT2D eigenvalue weighted by molar-refractivity contribution is 0.0921. The number of ether oxygens (including phenoxy) is 2. The number of ketones is 2. The molecule has 1 heterocycles. The molecule has 4 nitrogen and oxygen atoms in total. The van der Waals surface area contributed by atoms with E-state index in [1.807, 2.05) is 0 Å². The summed E-state index contributed by atoms with van der Waals surface area (Å²) in [6.07, 6.45) is 1.60. The minimum absolute atomic E-state index is 0.125. The third-order valence-electron chi connectivity index (χ3n) is 4.42. The summed E-state index contributed by atoms with van der Waals surface area (Å²) < 4.78 is 12.2. The van der Waals surface area contributed by atoms with Gasteiger partial charge in [0.2, 0.25) is 5.78 Å². The topological polar surface area (TPSA) is 52.6 Å². The van der Waals surface area contributed by atoms with Crippen LogP contribution in [0.1, 0.15) is 26.3 Å². The molecule has 0 bridgehead atoms. The first-order chi connectivity index (χ1) is 14.4. The quantitative estimate of drug-likeness (QED) is 0.289. The Hall–Kier alpha value is -2.60. The van der Waals surface area contributed by atoms with E-state index in [0.717, 1.165) is 4.47 Å². The lowest BCUT2D eigenvalue weighted by Gasteiger charge is -2.07. The van der Waals surface area contributed by atoms with E-state index in [2.05, 4.69) is 15.9 Å². The maximum atomic E-state index is 12.6. The Morgan fingerprint density at radius 2 is 1.77 bits per heavy atom. The summed E-state index contributed by atoms with van der Waals surface area (Å²) in [7, 11) is 0. The van der Waals surface area contributed by atoms with Crippen LogP contribution >= 0.6 is 39.1 Å². The molecule has 0 atom stereocenters. The predicted molar refractivity (Wildman–Crippen MR) is 120 cm³/mol. The molecule has 1 aliphatic rings. The van der Waals surface area contributed by atoms with Crippen molar-refractivity contribution < 1.29 is 19.1 Å². The van der Waals surface area contributed by atoms with Crippen molar-refractivity contribution in [1.29, 1.82) is 0 Å². The fourth-order valence-electron chi connectivity index (χ4n) is 2.88. The van der Waals surface area contributed by atoms with Crippen molar-refractivity contribution in [3.8, 4) is 11.5 Å². The smallest absolute Gasteiger partial charge is 0.231 e. The number of halogens is 3. The number of fused-ring (bicyclic) bond motifs is 1. The van der Waals surface area contributed by atoms with Gasteiger partial charge in [0.25, 0.3) is 0 Å². The number of allylic oxidation sites excluding steroid dienone is 1. The first kappa shape index (κ1) is 20.7. The minimum atomic E-state index is -0.242. The monoisotopic (exact) mass is 502 g/mol. The van der Waals surface area contributed by atoms with Gasteiger partial charge in [0.15, 0.2) is 18.1 Å². The van der Waals surface area contributed by atoms with Gasteiger partial charge in [-0.3, -0.25) is 9.59 Å². The molecule has 0 aliphatic carbocycles. The van der Waals surface area contributed by atoms with Crippen molar-refractivity contribution in [2.75, 3.05) is 6.61 Å². The molecular weight excluding hydrogens is 491 g/mol. The van der Waals surface area contributed by atoms with Crippen molar-refractivity contribution in [3.05, 3.63) is 97.6 Å². The van der Waals surface area contributed by atoms with E-state index in [1.54, 1.807) is 66.7 Å². The minimum Gasteiger partial charge on any atom is -0.485 e. The molecule has 4 rings (SSSR count). The number of rotatable bonds is 5.